The first kappa shape index (κ1) is 14.8. The van der Waals surface area contributed by atoms with Crippen molar-refractivity contribution in [2.75, 3.05) is 7.11 Å². The maximum absolute atomic E-state index is 12.8. The number of rotatable bonds is 2. The molecule has 1 aliphatic heterocycles. The maximum Gasteiger partial charge on any atom is 0.328 e. The topological polar surface area (TPSA) is 72.6 Å². The monoisotopic (exact) mass is 294 g/mol. The molecule has 2 N–H and O–H groups in total. The highest BCUT2D eigenvalue weighted by Gasteiger charge is 2.67. The fourth-order valence-electron chi connectivity index (χ4n) is 4.33. The van der Waals surface area contributed by atoms with Gasteiger partial charge >= 0.3 is 5.97 Å². The van der Waals surface area contributed by atoms with Crippen LogP contribution in [0.25, 0.3) is 0 Å². The molecule has 0 unspecified atom stereocenters. The van der Waals surface area contributed by atoms with Gasteiger partial charge in [-0.15, -0.1) is 0 Å². The molecule has 1 saturated heterocycles. The number of nitrogens with two attached hydrogens (primary N) is 1. The van der Waals surface area contributed by atoms with Gasteiger partial charge in [-0.1, -0.05) is 20.8 Å². The molecule has 1 amide bonds. The van der Waals surface area contributed by atoms with Crippen LogP contribution in [0.2, 0.25) is 0 Å². The Morgan fingerprint density at radius 3 is 2.43 bits per heavy atom. The molecule has 0 aromatic rings. The minimum absolute atomic E-state index is 0.0964. The van der Waals surface area contributed by atoms with Crippen molar-refractivity contribution in [2.45, 2.75) is 64.6 Å². The molecular formula is C16H26N2O3. The molecule has 2 aliphatic carbocycles. The normalized spacial score (nSPS) is 34.1. The molecule has 3 fully saturated rings. The van der Waals surface area contributed by atoms with E-state index in [0.717, 1.165) is 12.8 Å². The van der Waals surface area contributed by atoms with Crippen LogP contribution in [0.4, 0.5) is 0 Å². The summed E-state index contributed by atoms with van der Waals surface area (Å²) in [5.41, 5.74) is 6.15. The summed E-state index contributed by atoms with van der Waals surface area (Å²) in [5.74, 6) is -0.102. The Kier molecular flexibility index (Phi) is 3.14. The first-order valence-electron chi connectivity index (χ1n) is 7.87. The molecule has 118 valence electrons. The predicted octanol–water partition coefficient (Wildman–Crippen LogP) is 1.30. The lowest BCUT2D eigenvalue weighted by molar-refractivity contribution is -0.158. The van der Waals surface area contributed by atoms with Crippen molar-refractivity contribution >= 4 is 11.9 Å². The highest BCUT2D eigenvalue weighted by atomic mass is 16.5. The van der Waals surface area contributed by atoms with Crippen LogP contribution in [0, 0.1) is 16.7 Å². The number of likely N-dealkylation sites (tertiary alicyclic amines) is 1. The fraction of sp³-hybridized carbons (Fsp3) is 0.875. The average Bonchev–Trinajstić information content (AvgIpc) is 2.94. The van der Waals surface area contributed by atoms with E-state index in [9.17, 15) is 9.59 Å². The van der Waals surface area contributed by atoms with E-state index in [1.54, 1.807) is 4.90 Å². The first-order valence-corrected chi connectivity index (χ1v) is 7.87. The number of hydrogen-bond donors (Lipinski definition) is 1. The molecule has 4 atom stereocenters. The van der Waals surface area contributed by atoms with E-state index < -0.39 is 12.1 Å². The van der Waals surface area contributed by atoms with Gasteiger partial charge in [-0.3, -0.25) is 4.79 Å². The maximum atomic E-state index is 12.8. The zero-order valence-corrected chi connectivity index (χ0v) is 13.4. The molecular weight excluding hydrogens is 268 g/mol. The van der Waals surface area contributed by atoms with Gasteiger partial charge in [0.2, 0.25) is 5.91 Å². The highest BCUT2D eigenvalue weighted by Crippen LogP contribution is 2.67. The van der Waals surface area contributed by atoms with Crippen LogP contribution in [-0.2, 0) is 14.3 Å². The minimum Gasteiger partial charge on any atom is -0.467 e. The molecule has 0 radical (unpaired) electrons. The fourth-order valence-corrected chi connectivity index (χ4v) is 4.33. The quantitative estimate of drug-likeness (QED) is 0.779. The molecule has 21 heavy (non-hydrogen) atoms. The number of hydrogen-bond acceptors (Lipinski definition) is 4. The summed E-state index contributed by atoms with van der Waals surface area (Å²) in [6.45, 7) is 5.87. The highest BCUT2D eigenvalue weighted by molar-refractivity contribution is 5.89. The van der Waals surface area contributed by atoms with Crippen LogP contribution >= 0.6 is 0 Å². The Balaban J connectivity index is 1.87. The third-order valence-electron chi connectivity index (χ3n) is 5.82. The smallest absolute Gasteiger partial charge is 0.328 e. The van der Waals surface area contributed by atoms with Crippen molar-refractivity contribution in [3.63, 3.8) is 0 Å². The number of nitrogens with zero attached hydrogens (tertiary/aromatic N) is 1. The van der Waals surface area contributed by atoms with Crippen LogP contribution in [0.5, 0.6) is 0 Å². The third kappa shape index (κ3) is 2.08. The van der Waals surface area contributed by atoms with Crippen molar-refractivity contribution in [3.8, 4) is 0 Å². The number of esters is 1. The van der Waals surface area contributed by atoms with Gasteiger partial charge in [0.15, 0.2) is 0 Å². The standard InChI is InChI=1S/C16H26N2O3/c1-15(2,3)12(17)13(19)18-9-7-10(11(18)14(20)21-4)16(8-9)5-6-16/h9-12H,5-8,17H2,1-4H3/t9-,10-,11-,12+/m0/s1. The first-order chi connectivity index (χ1) is 9.71. The molecule has 2 saturated carbocycles. The van der Waals surface area contributed by atoms with Gasteiger partial charge < -0.3 is 15.4 Å². The van der Waals surface area contributed by atoms with Crippen LogP contribution in [0.3, 0.4) is 0 Å². The van der Waals surface area contributed by atoms with Crippen molar-refractivity contribution < 1.29 is 14.3 Å². The zero-order chi connectivity index (χ0) is 15.6. The van der Waals surface area contributed by atoms with Gasteiger partial charge in [-0.25, -0.2) is 4.79 Å². The summed E-state index contributed by atoms with van der Waals surface area (Å²) in [6, 6.07) is -0.834. The molecule has 3 aliphatic rings. The molecule has 0 aromatic carbocycles. The van der Waals surface area contributed by atoms with Crippen LogP contribution in [0.1, 0.15) is 46.5 Å². The van der Waals surface area contributed by atoms with E-state index in [0.29, 0.717) is 5.41 Å². The van der Waals surface area contributed by atoms with Gasteiger partial charge in [0.25, 0.3) is 0 Å². The third-order valence-corrected chi connectivity index (χ3v) is 5.82. The SMILES string of the molecule is COC(=O)[C@@H]1[C@@H]2C[C@@H](CC23CC3)N1C(=O)[C@@H](N)C(C)(C)C. The minimum atomic E-state index is -0.584. The summed E-state index contributed by atoms with van der Waals surface area (Å²) >= 11 is 0. The number of amides is 1. The van der Waals surface area contributed by atoms with Gasteiger partial charge in [0, 0.05) is 6.04 Å². The molecule has 5 nitrogen and oxygen atoms in total. The molecule has 0 aromatic heterocycles. The average molecular weight is 294 g/mol. The van der Waals surface area contributed by atoms with E-state index in [1.165, 1.54) is 20.0 Å². The summed E-state index contributed by atoms with van der Waals surface area (Å²) in [4.78, 5) is 26.8. The van der Waals surface area contributed by atoms with Crippen molar-refractivity contribution in [3.05, 3.63) is 0 Å². The van der Waals surface area contributed by atoms with E-state index in [1.807, 2.05) is 20.8 Å². The second kappa shape index (κ2) is 4.45. The van der Waals surface area contributed by atoms with E-state index >= 15 is 0 Å². The van der Waals surface area contributed by atoms with Crippen LogP contribution in [-0.4, -0.2) is 42.0 Å². The van der Waals surface area contributed by atoms with Gasteiger partial charge in [0.05, 0.1) is 13.2 Å². The Morgan fingerprint density at radius 2 is 1.95 bits per heavy atom. The predicted molar refractivity (Wildman–Crippen MR) is 78.3 cm³/mol. The van der Waals surface area contributed by atoms with Crippen molar-refractivity contribution in [1.82, 2.24) is 4.90 Å². The van der Waals surface area contributed by atoms with Gasteiger partial charge in [-0.2, -0.15) is 0 Å². The Hall–Kier alpha value is -1.10. The number of methoxy groups -OCH3 is 1. The summed E-state index contributed by atoms with van der Waals surface area (Å²) < 4.78 is 4.98. The Bertz CT molecular complexity index is 478. The van der Waals surface area contributed by atoms with Crippen LogP contribution in [0.15, 0.2) is 0 Å². The number of ether oxygens (including phenoxy) is 1. The molecule has 1 heterocycles. The number of carbonyl (C=O) groups is 2. The Labute approximate surface area is 126 Å². The van der Waals surface area contributed by atoms with Crippen molar-refractivity contribution in [1.29, 1.82) is 0 Å². The number of fused-ring (bicyclic) bond motifs is 3. The molecule has 1 spiro atoms. The summed E-state index contributed by atoms with van der Waals surface area (Å²) in [6.07, 6.45) is 4.35. The second-order valence-electron chi connectivity index (χ2n) is 8.12. The summed E-state index contributed by atoms with van der Waals surface area (Å²) in [5, 5.41) is 0. The number of piperidine rings is 1. The lowest BCUT2D eigenvalue weighted by Crippen LogP contribution is -2.59. The second-order valence-corrected chi connectivity index (χ2v) is 8.12. The number of carbonyl (C=O) groups excluding carboxylic acids is 2. The zero-order valence-electron chi connectivity index (χ0n) is 13.4. The van der Waals surface area contributed by atoms with Crippen molar-refractivity contribution in [2.24, 2.45) is 22.5 Å². The molecule has 5 heteroatoms. The largest absolute Gasteiger partial charge is 0.467 e. The van der Waals surface area contributed by atoms with Crippen LogP contribution < -0.4 is 5.73 Å². The van der Waals surface area contributed by atoms with Gasteiger partial charge in [0.1, 0.15) is 6.04 Å². The van der Waals surface area contributed by atoms with E-state index in [2.05, 4.69) is 0 Å². The van der Waals surface area contributed by atoms with E-state index in [4.69, 9.17) is 10.5 Å². The lowest BCUT2D eigenvalue weighted by atomic mass is 9.82. The molecule has 2 bridgehead atoms. The van der Waals surface area contributed by atoms with Gasteiger partial charge in [-0.05, 0) is 42.4 Å². The molecule has 3 rings (SSSR count). The lowest BCUT2D eigenvalue weighted by Gasteiger charge is -2.40. The Morgan fingerprint density at radius 1 is 1.33 bits per heavy atom. The van der Waals surface area contributed by atoms with E-state index in [-0.39, 0.29) is 29.3 Å². The summed E-state index contributed by atoms with van der Waals surface area (Å²) in [7, 11) is 1.40.